The maximum absolute atomic E-state index is 11.6. The molecule has 0 amide bonds. The van der Waals surface area contributed by atoms with Crippen LogP contribution in [0.25, 0.3) is 27.6 Å². The molecular formula is C41H41N7O4. The molecule has 5 aromatic rings. The first-order valence-electron chi connectivity index (χ1n) is 17.9. The number of nitriles is 1. The molecule has 3 aromatic heterocycles. The number of likely N-dealkylation sites (tertiary alicyclic amines) is 2. The molecule has 4 atom stereocenters. The zero-order valence-corrected chi connectivity index (χ0v) is 29.3. The number of aryl methyl sites for hydroxylation is 1. The van der Waals surface area contributed by atoms with Crippen molar-refractivity contribution in [2.45, 2.75) is 51.4 Å². The van der Waals surface area contributed by atoms with E-state index in [1.165, 1.54) is 0 Å². The van der Waals surface area contributed by atoms with Crippen molar-refractivity contribution in [2.24, 2.45) is 11.8 Å². The number of aliphatic hydroxyl groups is 1. The summed E-state index contributed by atoms with van der Waals surface area (Å²) in [5.41, 5.74) is 6.49. The van der Waals surface area contributed by atoms with Crippen molar-refractivity contribution in [3.05, 3.63) is 113 Å². The summed E-state index contributed by atoms with van der Waals surface area (Å²) >= 11 is 0. The quantitative estimate of drug-likeness (QED) is 0.166. The zero-order valence-electron chi connectivity index (χ0n) is 29.3. The van der Waals surface area contributed by atoms with Crippen LogP contribution in [0.5, 0.6) is 0 Å². The van der Waals surface area contributed by atoms with Crippen LogP contribution in [0.1, 0.15) is 53.5 Å². The third kappa shape index (κ3) is 6.34. The van der Waals surface area contributed by atoms with Gasteiger partial charge in [0.2, 0.25) is 5.89 Å². The number of carbonyl (C=O) groups is 1. The number of oxazole rings is 1. The number of allylic oxidation sites excluding steroid dienone is 2. The lowest BCUT2D eigenvalue weighted by Gasteiger charge is -2.39. The van der Waals surface area contributed by atoms with E-state index in [9.17, 15) is 20.3 Å². The van der Waals surface area contributed by atoms with Gasteiger partial charge in [-0.1, -0.05) is 43.3 Å². The molecule has 11 heteroatoms. The van der Waals surface area contributed by atoms with Gasteiger partial charge in [0.05, 0.1) is 23.1 Å². The summed E-state index contributed by atoms with van der Waals surface area (Å²) in [6, 6.07) is 18.4. The Balaban J connectivity index is 1.17. The minimum absolute atomic E-state index is 0.183. The molecule has 264 valence electrons. The van der Waals surface area contributed by atoms with Crippen LogP contribution in [-0.2, 0) is 23.4 Å². The summed E-state index contributed by atoms with van der Waals surface area (Å²) in [6.45, 7) is 8.19. The van der Waals surface area contributed by atoms with Crippen LogP contribution in [-0.4, -0.2) is 73.2 Å². The monoisotopic (exact) mass is 695 g/mol. The highest BCUT2D eigenvalue weighted by molar-refractivity contribution is 5.83. The van der Waals surface area contributed by atoms with Crippen molar-refractivity contribution < 1.29 is 19.4 Å². The molecule has 2 saturated heterocycles. The third-order valence-corrected chi connectivity index (χ3v) is 10.9. The molecule has 2 aliphatic heterocycles. The Bertz CT molecular complexity index is 2290. The van der Waals surface area contributed by atoms with E-state index in [-0.39, 0.29) is 17.9 Å². The number of carboxylic acid groups (broad SMARTS) is 1. The molecule has 2 unspecified atom stereocenters. The highest BCUT2D eigenvalue weighted by Crippen LogP contribution is 2.46. The van der Waals surface area contributed by atoms with Crippen molar-refractivity contribution in [1.82, 2.24) is 24.8 Å². The first kappa shape index (κ1) is 33.7. The number of β-amino-alcohol motifs (C(OH)–C–C–N with tert-alkyl or cyclic N) is 1. The summed E-state index contributed by atoms with van der Waals surface area (Å²) in [5.74, 6) is -0.334. The van der Waals surface area contributed by atoms with Crippen LogP contribution >= 0.6 is 0 Å². The molecule has 5 heterocycles. The number of nitrogens with one attached hydrogen (secondary N) is 1. The third-order valence-electron chi connectivity index (χ3n) is 10.9. The molecule has 2 aromatic carbocycles. The first-order chi connectivity index (χ1) is 25.2. The van der Waals surface area contributed by atoms with Gasteiger partial charge in [-0.3, -0.25) is 19.6 Å². The average Bonchev–Trinajstić information content (AvgIpc) is 3.90. The molecule has 0 radical (unpaired) electrons. The van der Waals surface area contributed by atoms with Gasteiger partial charge in [-0.15, -0.1) is 0 Å². The second kappa shape index (κ2) is 13.6. The standard InChI is InChI=1S/C41H41N7O4/c1-25-6-3-4-7-33(25)34-8-5-11-41(26(34)2,46-37-17-35-31(20-44-37)15-28(19-43-35)22-48-13-10-32(49)24-48)40-45-36-16-27(14-30(18-42)38(36)52-40)21-47-12-9-29(23-47)39(50)51/h3-8,11,14-17,19-20,26,29,32,49H,9-10,12-13,21-24H2,1-2H3,(H,44,46)(H,50,51)/t26?,29-,32+,41?/m1/s1. The van der Waals surface area contributed by atoms with Crippen molar-refractivity contribution in [3.63, 3.8) is 0 Å². The van der Waals surface area contributed by atoms with Crippen molar-refractivity contribution in [1.29, 1.82) is 5.26 Å². The maximum Gasteiger partial charge on any atom is 0.307 e. The first-order valence-corrected chi connectivity index (χ1v) is 17.9. The van der Waals surface area contributed by atoms with E-state index in [4.69, 9.17) is 19.4 Å². The maximum atomic E-state index is 11.6. The number of benzene rings is 2. The van der Waals surface area contributed by atoms with Gasteiger partial charge in [0, 0.05) is 62.5 Å². The second-order valence-corrected chi connectivity index (χ2v) is 14.5. The molecular weight excluding hydrogens is 654 g/mol. The molecule has 3 N–H and O–H groups in total. The van der Waals surface area contributed by atoms with Gasteiger partial charge in [-0.25, -0.2) is 9.97 Å². The summed E-state index contributed by atoms with van der Waals surface area (Å²) in [4.78, 5) is 30.6. The van der Waals surface area contributed by atoms with E-state index in [1.807, 2.05) is 48.8 Å². The van der Waals surface area contributed by atoms with Gasteiger partial charge < -0.3 is 19.9 Å². The fraction of sp³-hybridized carbons (Fsp3) is 0.341. The van der Waals surface area contributed by atoms with E-state index in [0.29, 0.717) is 61.0 Å². The van der Waals surface area contributed by atoms with Gasteiger partial charge >= 0.3 is 5.97 Å². The Kier molecular flexibility index (Phi) is 8.83. The molecule has 0 bridgehead atoms. The van der Waals surface area contributed by atoms with E-state index in [1.54, 1.807) is 0 Å². The van der Waals surface area contributed by atoms with Crippen LogP contribution in [0.4, 0.5) is 5.82 Å². The van der Waals surface area contributed by atoms with E-state index >= 15 is 0 Å². The SMILES string of the molecule is Cc1ccccc1C1=CC=CC(Nc2cc3ncc(CN4CC[C@H](O)C4)cc3cn2)(c2nc3cc(CN4CC[C@@H](C(=O)O)C4)cc(C#N)c3o2)C1C. The Labute approximate surface area is 301 Å². The molecule has 0 spiro atoms. The van der Waals surface area contributed by atoms with Crippen LogP contribution in [0.15, 0.2) is 83.6 Å². The minimum Gasteiger partial charge on any atom is -0.481 e. The van der Waals surface area contributed by atoms with Gasteiger partial charge in [0.1, 0.15) is 22.9 Å². The molecule has 3 aliphatic rings. The largest absolute Gasteiger partial charge is 0.481 e. The number of carboxylic acids is 1. The number of rotatable bonds is 9. The van der Waals surface area contributed by atoms with Crippen LogP contribution in [0.3, 0.4) is 0 Å². The van der Waals surface area contributed by atoms with E-state index in [0.717, 1.165) is 58.2 Å². The lowest BCUT2D eigenvalue weighted by atomic mass is 9.73. The molecule has 11 nitrogen and oxygen atoms in total. The lowest BCUT2D eigenvalue weighted by Crippen LogP contribution is -2.42. The van der Waals surface area contributed by atoms with E-state index < -0.39 is 11.5 Å². The van der Waals surface area contributed by atoms with Crippen molar-refractivity contribution >= 4 is 39.4 Å². The number of anilines is 1. The summed E-state index contributed by atoms with van der Waals surface area (Å²) < 4.78 is 6.61. The highest BCUT2D eigenvalue weighted by atomic mass is 16.4. The summed E-state index contributed by atoms with van der Waals surface area (Å²) in [5, 5.41) is 34.3. The molecule has 2 fully saturated rings. The topological polar surface area (TPSA) is 152 Å². The number of aliphatic hydroxyl groups excluding tert-OH is 1. The van der Waals surface area contributed by atoms with Gasteiger partial charge in [0.25, 0.3) is 0 Å². The molecule has 8 rings (SSSR count). The lowest BCUT2D eigenvalue weighted by molar-refractivity contribution is -0.141. The Morgan fingerprint density at radius 2 is 1.85 bits per heavy atom. The number of nitrogens with zero attached hydrogens (tertiary/aromatic N) is 6. The highest BCUT2D eigenvalue weighted by Gasteiger charge is 2.45. The second-order valence-electron chi connectivity index (χ2n) is 14.5. The number of pyridine rings is 2. The molecule has 0 saturated carbocycles. The number of hydrogen-bond acceptors (Lipinski definition) is 10. The normalized spacial score (nSPS) is 23.7. The predicted molar refractivity (Wildman–Crippen MR) is 198 cm³/mol. The number of fused-ring (bicyclic) bond motifs is 2. The van der Waals surface area contributed by atoms with Gasteiger partial charge in [0.15, 0.2) is 5.58 Å². The van der Waals surface area contributed by atoms with Crippen molar-refractivity contribution in [3.8, 4) is 6.07 Å². The van der Waals surface area contributed by atoms with Crippen LogP contribution in [0, 0.1) is 30.1 Å². The van der Waals surface area contributed by atoms with E-state index in [2.05, 4.69) is 65.4 Å². The zero-order chi connectivity index (χ0) is 36.0. The smallest absolute Gasteiger partial charge is 0.307 e. The van der Waals surface area contributed by atoms with Crippen LogP contribution in [0.2, 0.25) is 0 Å². The summed E-state index contributed by atoms with van der Waals surface area (Å²) in [7, 11) is 0. The van der Waals surface area contributed by atoms with Crippen LogP contribution < -0.4 is 5.32 Å². The minimum atomic E-state index is -0.987. The number of aliphatic carboxylic acids is 1. The average molecular weight is 696 g/mol. The fourth-order valence-electron chi connectivity index (χ4n) is 8.04. The number of aromatic nitrogens is 3. The Morgan fingerprint density at radius 1 is 1.04 bits per heavy atom. The van der Waals surface area contributed by atoms with Crippen molar-refractivity contribution in [2.75, 3.05) is 31.5 Å². The summed E-state index contributed by atoms with van der Waals surface area (Å²) in [6.07, 6.45) is 11.1. The van der Waals surface area contributed by atoms with Gasteiger partial charge in [-0.05, 0) is 78.4 Å². The Hall–Kier alpha value is -5.41. The molecule has 52 heavy (non-hydrogen) atoms. The van der Waals surface area contributed by atoms with Gasteiger partial charge in [-0.2, -0.15) is 5.26 Å². The Morgan fingerprint density at radius 3 is 2.62 bits per heavy atom. The number of hydrogen-bond donors (Lipinski definition) is 3. The fourth-order valence-corrected chi connectivity index (χ4v) is 8.04. The predicted octanol–water partition coefficient (Wildman–Crippen LogP) is 6.02. The molecule has 1 aliphatic carbocycles.